The lowest BCUT2D eigenvalue weighted by Crippen LogP contribution is -2.32. The van der Waals surface area contributed by atoms with Gasteiger partial charge in [0, 0.05) is 12.2 Å². The number of nitrogens with zero attached hydrogens (tertiary/aromatic N) is 3. The maximum absolute atomic E-state index is 12.7. The molecular formula is C15H17N5O2. The Bertz CT molecular complexity index is 724. The van der Waals surface area contributed by atoms with E-state index in [2.05, 4.69) is 15.2 Å². The zero-order valence-electron chi connectivity index (χ0n) is 12.2. The summed E-state index contributed by atoms with van der Waals surface area (Å²) >= 11 is 0. The quantitative estimate of drug-likeness (QED) is 0.888. The molecule has 2 aromatic heterocycles. The highest BCUT2D eigenvalue weighted by atomic mass is 16.2. The van der Waals surface area contributed by atoms with Gasteiger partial charge in [-0.05, 0) is 31.9 Å². The number of H-pyrrole nitrogens is 1. The van der Waals surface area contributed by atoms with Crippen LogP contribution in [-0.2, 0) is 0 Å². The molecule has 0 saturated carbocycles. The van der Waals surface area contributed by atoms with E-state index in [1.807, 2.05) is 19.1 Å². The highest BCUT2D eigenvalue weighted by Gasteiger charge is 2.34. The predicted octanol–water partition coefficient (Wildman–Crippen LogP) is 1.19. The Morgan fingerprint density at radius 2 is 2.23 bits per heavy atom. The van der Waals surface area contributed by atoms with Crippen LogP contribution in [0.25, 0.3) is 0 Å². The minimum absolute atomic E-state index is 0.142. The van der Waals surface area contributed by atoms with Crippen LogP contribution in [0.2, 0.25) is 0 Å². The molecule has 0 unspecified atom stereocenters. The molecule has 1 atom stereocenters. The van der Waals surface area contributed by atoms with Crippen LogP contribution in [-0.4, -0.2) is 38.4 Å². The number of hydrogen-bond donors (Lipinski definition) is 2. The number of hydrogen-bond acceptors (Lipinski definition) is 4. The average Bonchev–Trinajstić information content (AvgIpc) is 3.14. The monoisotopic (exact) mass is 299 g/mol. The number of nitrogens with two attached hydrogens (primary N) is 1. The van der Waals surface area contributed by atoms with Crippen molar-refractivity contribution < 1.29 is 9.59 Å². The van der Waals surface area contributed by atoms with Gasteiger partial charge in [-0.15, -0.1) is 0 Å². The third-order valence-electron chi connectivity index (χ3n) is 3.89. The molecule has 0 radical (unpaired) electrons. The highest BCUT2D eigenvalue weighted by molar-refractivity contribution is 5.95. The summed E-state index contributed by atoms with van der Waals surface area (Å²) in [5, 5.41) is 6.70. The Labute approximate surface area is 127 Å². The highest BCUT2D eigenvalue weighted by Crippen LogP contribution is 2.33. The first kappa shape index (κ1) is 14.2. The topological polar surface area (TPSA) is 105 Å². The standard InChI is InChI=1S/C15H17N5O2/c1-9-4-2-5-11(18-9)15(22)20-7-3-6-12(20)13-10(14(16)21)8-17-19-13/h2,4-5,8,12H,3,6-7H2,1H3,(H2,16,21)(H,17,19)/t12-/m0/s1. The summed E-state index contributed by atoms with van der Waals surface area (Å²) < 4.78 is 0. The van der Waals surface area contributed by atoms with Crippen molar-refractivity contribution in [1.82, 2.24) is 20.1 Å². The molecule has 1 aliphatic heterocycles. The first-order valence-corrected chi connectivity index (χ1v) is 7.15. The lowest BCUT2D eigenvalue weighted by atomic mass is 10.1. The van der Waals surface area contributed by atoms with Gasteiger partial charge in [-0.2, -0.15) is 5.10 Å². The lowest BCUT2D eigenvalue weighted by molar-refractivity contribution is 0.0724. The van der Waals surface area contributed by atoms with Gasteiger partial charge in [0.25, 0.3) is 11.8 Å². The predicted molar refractivity (Wildman–Crippen MR) is 79.1 cm³/mol. The minimum Gasteiger partial charge on any atom is -0.365 e. The minimum atomic E-state index is -0.545. The molecule has 7 nitrogen and oxygen atoms in total. The molecule has 3 N–H and O–H groups in total. The van der Waals surface area contributed by atoms with E-state index < -0.39 is 5.91 Å². The van der Waals surface area contributed by atoms with Crippen LogP contribution in [0.4, 0.5) is 0 Å². The summed E-state index contributed by atoms with van der Waals surface area (Å²) in [4.78, 5) is 30.2. The Kier molecular flexibility index (Phi) is 3.62. The smallest absolute Gasteiger partial charge is 0.273 e. The summed E-state index contributed by atoms with van der Waals surface area (Å²) in [5.74, 6) is -0.687. The van der Waals surface area contributed by atoms with Gasteiger partial charge in [0.15, 0.2) is 0 Å². The molecular weight excluding hydrogens is 282 g/mol. The van der Waals surface area contributed by atoms with Crippen LogP contribution in [0, 0.1) is 6.92 Å². The van der Waals surface area contributed by atoms with Gasteiger partial charge in [0.1, 0.15) is 5.69 Å². The van der Waals surface area contributed by atoms with E-state index in [4.69, 9.17) is 5.73 Å². The molecule has 0 bridgehead atoms. The fourth-order valence-electron chi connectivity index (χ4n) is 2.87. The number of primary amides is 1. The second-order valence-corrected chi connectivity index (χ2v) is 5.38. The maximum Gasteiger partial charge on any atom is 0.273 e. The van der Waals surface area contributed by atoms with E-state index in [1.54, 1.807) is 11.0 Å². The average molecular weight is 299 g/mol. The molecule has 0 aromatic carbocycles. The van der Waals surface area contributed by atoms with Gasteiger partial charge >= 0.3 is 0 Å². The first-order chi connectivity index (χ1) is 10.6. The number of nitrogens with one attached hydrogen (secondary N) is 1. The lowest BCUT2D eigenvalue weighted by Gasteiger charge is -2.24. The Morgan fingerprint density at radius 3 is 2.95 bits per heavy atom. The van der Waals surface area contributed by atoms with E-state index in [1.165, 1.54) is 6.20 Å². The van der Waals surface area contributed by atoms with Gasteiger partial charge in [-0.3, -0.25) is 14.7 Å². The molecule has 114 valence electrons. The Hall–Kier alpha value is -2.70. The fourth-order valence-corrected chi connectivity index (χ4v) is 2.87. The number of carbonyl (C=O) groups excluding carboxylic acids is 2. The van der Waals surface area contributed by atoms with Crippen LogP contribution in [0.5, 0.6) is 0 Å². The SMILES string of the molecule is Cc1cccc(C(=O)N2CCC[C@H]2c2[nH]ncc2C(N)=O)n1. The Balaban J connectivity index is 1.92. The molecule has 7 heteroatoms. The number of aromatic amines is 1. The molecule has 1 aliphatic rings. The summed E-state index contributed by atoms with van der Waals surface area (Å²) in [7, 11) is 0. The van der Waals surface area contributed by atoms with Crippen LogP contribution in [0.15, 0.2) is 24.4 Å². The number of aryl methyl sites for hydroxylation is 1. The summed E-state index contributed by atoms with van der Waals surface area (Å²) in [6.07, 6.45) is 3.03. The summed E-state index contributed by atoms with van der Waals surface area (Å²) in [6.45, 7) is 2.47. The number of aromatic nitrogens is 3. The molecule has 3 rings (SSSR count). The number of likely N-dealkylation sites (tertiary alicyclic amines) is 1. The number of carbonyl (C=O) groups is 2. The van der Waals surface area contributed by atoms with Crippen LogP contribution in [0.3, 0.4) is 0 Å². The number of amides is 2. The number of pyridine rings is 1. The fraction of sp³-hybridized carbons (Fsp3) is 0.333. The summed E-state index contributed by atoms with van der Waals surface area (Å²) in [5.41, 5.74) is 7.50. The van der Waals surface area contributed by atoms with Gasteiger partial charge < -0.3 is 10.6 Å². The molecule has 1 fully saturated rings. The van der Waals surface area contributed by atoms with Crippen LogP contribution >= 0.6 is 0 Å². The van der Waals surface area contributed by atoms with Crippen molar-refractivity contribution >= 4 is 11.8 Å². The van der Waals surface area contributed by atoms with E-state index >= 15 is 0 Å². The van der Waals surface area contributed by atoms with Crippen LogP contribution < -0.4 is 5.73 Å². The van der Waals surface area contributed by atoms with E-state index in [9.17, 15) is 9.59 Å². The van der Waals surface area contributed by atoms with E-state index in [-0.39, 0.29) is 11.9 Å². The molecule has 2 amide bonds. The maximum atomic E-state index is 12.7. The molecule has 3 heterocycles. The second kappa shape index (κ2) is 5.59. The van der Waals surface area contributed by atoms with Crippen molar-refractivity contribution in [2.45, 2.75) is 25.8 Å². The van der Waals surface area contributed by atoms with Crippen molar-refractivity contribution in [3.63, 3.8) is 0 Å². The van der Waals surface area contributed by atoms with Crippen molar-refractivity contribution in [3.05, 3.63) is 47.0 Å². The zero-order valence-corrected chi connectivity index (χ0v) is 12.2. The van der Waals surface area contributed by atoms with Crippen LogP contribution in [0.1, 0.15) is 51.1 Å². The normalized spacial score (nSPS) is 17.7. The third kappa shape index (κ3) is 2.45. The molecule has 1 saturated heterocycles. The van der Waals surface area contributed by atoms with Crippen molar-refractivity contribution in [3.8, 4) is 0 Å². The molecule has 22 heavy (non-hydrogen) atoms. The third-order valence-corrected chi connectivity index (χ3v) is 3.89. The van der Waals surface area contributed by atoms with Crippen molar-refractivity contribution in [2.24, 2.45) is 5.73 Å². The van der Waals surface area contributed by atoms with E-state index in [0.717, 1.165) is 18.5 Å². The zero-order chi connectivity index (χ0) is 15.7. The van der Waals surface area contributed by atoms with Gasteiger partial charge in [-0.1, -0.05) is 6.07 Å². The van der Waals surface area contributed by atoms with Crippen molar-refractivity contribution in [2.75, 3.05) is 6.54 Å². The van der Waals surface area contributed by atoms with E-state index in [0.29, 0.717) is 23.5 Å². The van der Waals surface area contributed by atoms with Gasteiger partial charge in [0.2, 0.25) is 0 Å². The Morgan fingerprint density at radius 1 is 1.41 bits per heavy atom. The van der Waals surface area contributed by atoms with Crippen molar-refractivity contribution in [1.29, 1.82) is 0 Å². The first-order valence-electron chi connectivity index (χ1n) is 7.15. The molecule has 0 aliphatic carbocycles. The second-order valence-electron chi connectivity index (χ2n) is 5.38. The molecule has 0 spiro atoms. The summed E-state index contributed by atoms with van der Waals surface area (Å²) in [6, 6.07) is 5.14. The largest absolute Gasteiger partial charge is 0.365 e. The number of rotatable bonds is 3. The van der Waals surface area contributed by atoms with Gasteiger partial charge in [0.05, 0.1) is 23.5 Å². The molecule has 2 aromatic rings. The van der Waals surface area contributed by atoms with Gasteiger partial charge in [-0.25, -0.2) is 4.98 Å².